The Bertz CT molecular complexity index is 1060. The Morgan fingerprint density at radius 2 is 1.67 bits per heavy atom. The maximum Gasteiger partial charge on any atom is 0.258 e. The number of fused-ring (bicyclic) bond motifs is 1. The van der Waals surface area contributed by atoms with Crippen LogP contribution in [0.3, 0.4) is 0 Å². The predicted molar refractivity (Wildman–Crippen MR) is 106 cm³/mol. The molecule has 140 valence electrons. The van der Waals surface area contributed by atoms with Crippen molar-refractivity contribution in [3.8, 4) is 5.75 Å². The molecule has 1 unspecified atom stereocenters. The second-order valence-corrected chi connectivity index (χ2v) is 8.44. The van der Waals surface area contributed by atoms with Crippen molar-refractivity contribution in [2.75, 3.05) is 12.9 Å². The number of carbonyl (C=O) groups excluding carboxylic acids is 1. The minimum Gasteiger partial charge on any atom is -0.484 e. The molecule has 3 aromatic rings. The first kappa shape index (κ1) is 18.9. The SMILES string of the molecule is CC(NC(=O)COc1ccc(S(C)(=O)=O)cc1)c1ccc2ccccc2c1. The maximum absolute atomic E-state index is 12.2. The molecule has 6 heteroatoms. The monoisotopic (exact) mass is 383 g/mol. The van der Waals surface area contributed by atoms with Gasteiger partial charge in [-0.2, -0.15) is 0 Å². The van der Waals surface area contributed by atoms with Crippen molar-refractivity contribution in [2.45, 2.75) is 17.9 Å². The number of rotatable bonds is 6. The predicted octanol–water partition coefficient (Wildman–Crippen LogP) is 3.50. The molecule has 0 saturated carbocycles. The molecule has 1 atom stereocenters. The molecule has 0 aliphatic heterocycles. The highest BCUT2D eigenvalue weighted by molar-refractivity contribution is 7.90. The summed E-state index contributed by atoms with van der Waals surface area (Å²) < 4.78 is 28.3. The number of sulfone groups is 1. The van der Waals surface area contributed by atoms with Gasteiger partial charge in [-0.15, -0.1) is 0 Å². The number of amides is 1. The fourth-order valence-corrected chi connectivity index (χ4v) is 3.41. The van der Waals surface area contributed by atoms with Crippen LogP contribution >= 0.6 is 0 Å². The van der Waals surface area contributed by atoms with Crippen LogP contribution in [0.15, 0.2) is 71.6 Å². The molecular weight excluding hydrogens is 362 g/mol. The number of ether oxygens (including phenoxy) is 1. The van der Waals surface area contributed by atoms with Gasteiger partial charge >= 0.3 is 0 Å². The average Bonchev–Trinajstić information content (AvgIpc) is 2.65. The van der Waals surface area contributed by atoms with Crippen molar-refractivity contribution in [3.63, 3.8) is 0 Å². The maximum atomic E-state index is 12.2. The van der Waals surface area contributed by atoms with E-state index in [2.05, 4.69) is 11.4 Å². The van der Waals surface area contributed by atoms with Gasteiger partial charge in [0.2, 0.25) is 0 Å². The molecule has 3 aromatic carbocycles. The highest BCUT2D eigenvalue weighted by Gasteiger charge is 2.11. The van der Waals surface area contributed by atoms with Crippen LogP contribution < -0.4 is 10.1 Å². The van der Waals surface area contributed by atoms with Crippen molar-refractivity contribution in [2.24, 2.45) is 0 Å². The lowest BCUT2D eigenvalue weighted by Gasteiger charge is -2.15. The van der Waals surface area contributed by atoms with Crippen LogP contribution in [-0.2, 0) is 14.6 Å². The number of benzene rings is 3. The van der Waals surface area contributed by atoms with Crippen LogP contribution in [0.4, 0.5) is 0 Å². The summed E-state index contributed by atoms with van der Waals surface area (Å²) in [7, 11) is -3.25. The zero-order chi connectivity index (χ0) is 19.4. The molecule has 0 aliphatic rings. The third kappa shape index (κ3) is 4.86. The first-order chi connectivity index (χ1) is 12.8. The molecule has 1 N–H and O–H groups in total. The summed E-state index contributed by atoms with van der Waals surface area (Å²) in [6.07, 6.45) is 1.14. The van der Waals surface area contributed by atoms with Crippen LogP contribution in [0.2, 0.25) is 0 Å². The summed E-state index contributed by atoms with van der Waals surface area (Å²) >= 11 is 0. The Labute approximate surface area is 158 Å². The van der Waals surface area contributed by atoms with E-state index in [-0.39, 0.29) is 23.5 Å². The molecule has 0 aliphatic carbocycles. The zero-order valence-electron chi connectivity index (χ0n) is 15.2. The van der Waals surface area contributed by atoms with Crippen molar-refractivity contribution in [3.05, 3.63) is 72.3 Å². The first-order valence-corrected chi connectivity index (χ1v) is 10.4. The lowest BCUT2D eigenvalue weighted by atomic mass is 10.0. The van der Waals surface area contributed by atoms with Gasteiger partial charge in [0.15, 0.2) is 16.4 Å². The van der Waals surface area contributed by atoms with Gasteiger partial charge in [0.05, 0.1) is 10.9 Å². The van der Waals surface area contributed by atoms with Crippen LogP contribution in [0.5, 0.6) is 5.75 Å². The summed E-state index contributed by atoms with van der Waals surface area (Å²) in [5, 5.41) is 5.18. The number of nitrogens with one attached hydrogen (secondary N) is 1. The summed E-state index contributed by atoms with van der Waals surface area (Å²) in [6, 6.07) is 20.0. The third-order valence-corrected chi connectivity index (χ3v) is 5.40. The summed E-state index contributed by atoms with van der Waals surface area (Å²) in [5.41, 5.74) is 1.01. The average molecular weight is 383 g/mol. The van der Waals surface area contributed by atoms with Gasteiger partial charge in [-0.25, -0.2) is 8.42 Å². The van der Waals surface area contributed by atoms with E-state index < -0.39 is 9.84 Å². The van der Waals surface area contributed by atoms with E-state index in [0.717, 1.165) is 22.6 Å². The topological polar surface area (TPSA) is 72.5 Å². The second kappa shape index (κ2) is 7.80. The van der Waals surface area contributed by atoms with E-state index in [1.165, 1.54) is 24.3 Å². The minimum absolute atomic E-state index is 0.143. The largest absolute Gasteiger partial charge is 0.484 e. The number of carbonyl (C=O) groups is 1. The molecule has 0 saturated heterocycles. The molecular formula is C21H21NO4S. The molecule has 1 amide bonds. The van der Waals surface area contributed by atoms with Crippen molar-refractivity contribution in [1.29, 1.82) is 0 Å². The van der Waals surface area contributed by atoms with Gasteiger partial charge in [0.25, 0.3) is 5.91 Å². The van der Waals surface area contributed by atoms with E-state index in [1.807, 2.05) is 43.3 Å². The quantitative estimate of drug-likeness (QED) is 0.707. The molecule has 0 spiro atoms. The summed E-state index contributed by atoms with van der Waals surface area (Å²) in [6.45, 7) is 1.78. The van der Waals surface area contributed by atoms with E-state index in [0.29, 0.717) is 5.75 Å². The lowest BCUT2D eigenvalue weighted by molar-refractivity contribution is -0.123. The van der Waals surface area contributed by atoms with Gasteiger partial charge < -0.3 is 10.1 Å². The van der Waals surface area contributed by atoms with Gasteiger partial charge in [-0.1, -0.05) is 36.4 Å². The standard InChI is InChI=1S/C21H21NO4S/c1-15(17-8-7-16-5-3-4-6-18(16)13-17)22-21(23)14-26-19-9-11-20(12-10-19)27(2,24)25/h3-13,15H,14H2,1-2H3,(H,22,23). The van der Waals surface area contributed by atoms with E-state index >= 15 is 0 Å². The fraction of sp³-hybridized carbons (Fsp3) is 0.190. The second-order valence-electron chi connectivity index (χ2n) is 6.43. The minimum atomic E-state index is -3.25. The normalized spacial score (nSPS) is 12.5. The van der Waals surface area contributed by atoms with Gasteiger partial charge in [-0.05, 0) is 53.6 Å². The van der Waals surface area contributed by atoms with Crippen LogP contribution in [0.1, 0.15) is 18.5 Å². The molecule has 0 fully saturated rings. The van der Waals surface area contributed by atoms with Crippen molar-refractivity contribution >= 4 is 26.5 Å². The third-order valence-electron chi connectivity index (χ3n) is 4.27. The van der Waals surface area contributed by atoms with Crippen LogP contribution in [-0.4, -0.2) is 27.2 Å². The Balaban J connectivity index is 1.58. The zero-order valence-corrected chi connectivity index (χ0v) is 16.0. The fourth-order valence-electron chi connectivity index (χ4n) is 2.78. The van der Waals surface area contributed by atoms with Crippen LogP contribution in [0, 0.1) is 0 Å². The van der Waals surface area contributed by atoms with Crippen LogP contribution in [0.25, 0.3) is 10.8 Å². The summed E-state index contributed by atoms with van der Waals surface area (Å²) in [5.74, 6) is 0.193. The Morgan fingerprint density at radius 1 is 1.00 bits per heavy atom. The molecule has 0 bridgehead atoms. The Hall–Kier alpha value is -2.86. The van der Waals surface area contributed by atoms with E-state index in [1.54, 1.807) is 0 Å². The van der Waals surface area contributed by atoms with Crippen molar-refractivity contribution in [1.82, 2.24) is 5.32 Å². The number of hydrogen-bond acceptors (Lipinski definition) is 4. The highest BCUT2D eigenvalue weighted by Crippen LogP contribution is 2.20. The Morgan fingerprint density at radius 3 is 2.33 bits per heavy atom. The smallest absolute Gasteiger partial charge is 0.258 e. The van der Waals surface area contributed by atoms with Gasteiger partial charge in [-0.3, -0.25) is 4.79 Å². The number of hydrogen-bond donors (Lipinski definition) is 1. The molecule has 5 nitrogen and oxygen atoms in total. The van der Waals surface area contributed by atoms with Gasteiger partial charge in [0.1, 0.15) is 5.75 Å². The molecule has 3 rings (SSSR count). The van der Waals surface area contributed by atoms with E-state index in [9.17, 15) is 13.2 Å². The van der Waals surface area contributed by atoms with E-state index in [4.69, 9.17) is 4.74 Å². The molecule has 0 heterocycles. The lowest BCUT2D eigenvalue weighted by Crippen LogP contribution is -2.31. The summed E-state index contributed by atoms with van der Waals surface area (Å²) in [4.78, 5) is 12.4. The van der Waals surface area contributed by atoms with Gasteiger partial charge in [0, 0.05) is 6.26 Å². The molecule has 27 heavy (non-hydrogen) atoms. The highest BCUT2D eigenvalue weighted by atomic mass is 32.2. The molecule has 0 radical (unpaired) electrons. The Kier molecular flexibility index (Phi) is 5.46. The first-order valence-electron chi connectivity index (χ1n) is 8.54. The van der Waals surface area contributed by atoms with Crippen molar-refractivity contribution < 1.29 is 17.9 Å². The molecule has 0 aromatic heterocycles.